The molecule has 0 fully saturated rings. The minimum Gasteiger partial charge on any atom is -0.465 e. The number of hydrogen-bond acceptors (Lipinski definition) is 5. The number of nitro groups is 1. The second-order valence-electron chi connectivity index (χ2n) is 3.14. The van der Waals surface area contributed by atoms with Gasteiger partial charge in [0.1, 0.15) is 6.10 Å². The summed E-state index contributed by atoms with van der Waals surface area (Å²) in [6.45, 7) is -0.558. The van der Waals surface area contributed by atoms with Crippen LogP contribution in [0, 0.1) is 10.1 Å². The molecule has 1 rings (SSSR count). The van der Waals surface area contributed by atoms with Gasteiger partial charge in [-0.25, -0.2) is 4.79 Å². The Balaban J connectivity index is 2.78. The number of ether oxygens (including phenoxy) is 1. The molecule has 0 saturated carbocycles. The van der Waals surface area contributed by atoms with Gasteiger partial charge >= 0.3 is 5.97 Å². The second kappa shape index (κ2) is 5.22. The largest absolute Gasteiger partial charge is 0.465 e. The SMILES string of the molecule is COC(=O)c1ccc([C@H](O)C[N+](=O)[O-])cc1. The lowest BCUT2D eigenvalue weighted by Gasteiger charge is -2.06. The molecule has 0 unspecified atom stereocenters. The van der Waals surface area contributed by atoms with Crippen LogP contribution in [-0.2, 0) is 4.74 Å². The summed E-state index contributed by atoms with van der Waals surface area (Å²) in [5.41, 5.74) is 0.726. The summed E-state index contributed by atoms with van der Waals surface area (Å²) < 4.78 is 4.49. The number of esters is 1. The molecule has 0 aromatic heterocycles. The van der Waals surface area contributed by atoms with Gasteiger partial charge in [-0.3, -0.25) is 10.1 Å². The number of hydrogen-bond donors (Lipinski definition) is 1. The summed E-state index contributed by atoms with van der Waals surface area (Å²) in [5, 5.41) is 19.6. The van der Waals surface area contributed by atoms with Crippen LogP contribution >= 0.6 is 0 Å². The van der Waals surface area contributed by atoms with Crippen molar-refractivity contribution >= 4 is 5.97 Å². The maximum absolute atomic E-state index is 11.1. The molecule has 0 aliphatic heterocycles. The van der Waals surface area contributed by atoms with Crippen LogP contribution in [0.2, 0.25) is 0 Å². The highest BCUT2D eigenvalue weighted by Gasteiger charge is 2.14. The standard InChI is InChI=1S/C10H11NO5/c1-16-10(13)8-4-2-7(3-5-8)9(12)6-11(14)15/h2-5,9,12H,6H2,1H3/t9-/m1/s1. The third-order valence-corrected chi connectivity index (χ3v) is 2.04. The summed E-state index contributed by atoms with van der Waals surface area (Å²) in [7, 11) is 1.26. The third-order valence-electron chi connectivity index (χ3n) is 2.04. The molecule has 6 nitrogen and oxygen atoms in total. The smallest absolute Gasteiger partial charge is 0.337 e. The summed E-state index contributed by atoms with van der Waals surface area (Å²) in [4.78, 5) is 20.7. The Bertz CT molecular complexity index is 387. The van der Waals surface area contributed by atoms with E-state index in [2.05, 4.69) is 4.74 Å². The van der Waals surface area contributed by atoms with Gasteiger partial charge in [0.05, 0.1) is 12.7 Å². The van der Waals surface area contributed by atoms with E-state index in [1.54, 1.807) is 0 Å². The average molecular weight is 225 g/mol. The first-order valence-electron chi connectivity index (χ1n) is 4.52. The number of aliphatic hydroxyl groups excluding tert-OH is 1. The van der Waals surface area contributed by atoms with Crippen molar-refractivity contribution in [3.63, 3.8) is 0 Å². The third kappa shape index (κ3) is 3.03. The van der Waals surface area contributed by atoms with Crippen molar-refractivity contribution in [3.05, 3.63) is 45.5 Å². The highest BCUT2D eigenvalue weighted by molar-refractivity contribution is 5.89. The summed E-state index contributed by atoms with van der Waals surface area (Å²) in [6.07, 6.45) is -1.17. The molecule has 0 aliphatic rings. The highest BCUT2D eigenvalue weighted by atomic mass is 16.6. The predicted octanol–water partition coefficient (Wildman–Crippen LogP) is 0.783. The van der Waals surface area contributed by atoms with Gasteiger partial charge in [-0.15, -0.1) is 0 Å². The molecular formula is C10H11NO5. The van der Waals surface area contributed by atoms with Crippen LogP contribution in [-0.4, -0.2) is 29.7 Å². The molecular weight excluding hydrogens is 214 g/mol. The Labute approximate surface area is 91.6 Å². The fraction of sp³-hybridized carbons (Fsp3) is 0.300. The molecule has 1 N–H and O–H groups in total. The number of benzene rings is 1. The Kier molecular flexibility index (Phi) is 3.96. The summed E-state index contributed by atoms with van der Waals surface area (Å²) >= 11 is 0. The zero-order chi connectivity index (χ0) is 12.1. The van der Waals surface area contributed by atoms with Crippen LogP contribution in [0.15, 0.2) is 24.3 Å². The lowest BCUT2D eigenvalue weighted by atomic mass is 10.1. The average Bonchev–Trinajstić information content (AvgIpc) is 2.27. The zero-order valence-electron chi connectivity index (χ0n) is 8.62. The minimum absolute atomic E-state index is 0.333. The van der Waals surface area contributed by atoms with E-state index in [0.29, 0.717) is 11.1 Å². The number of methoxy groups -OCH3 is 1. The molecule has 16 heavy (non-hydrogen) atoms. The molecule has 1 aromatic carbocycles. The van der Waals surface area contributed by atoms with Crippen LogP contribution in [0.1, 0.15) is 22.0 Å². The number of nitrogens with zero attached hydrogens (tertiary/aromatic N) is 1. The highest BCUT2D eigenvalue weighted by Crippen LogP contribution is 2.14. The maximum atomic E-state index is 11.1. The Morgan fingerprint density at radius 2 is 2.06 bits per heavy atom. The van der Waals surface area contributed by atoms with Crippen LogP contribution in [0.25, 0.3) is 0 Å². The van der Waals surface area contributed by atoms with E-state index in [1.807, 2.05) is 0 Å². The van der Waals surface area contributed by atoms with E-state index >= 15 is 0 Å². The van der Waals surface area contributed by atoms with Crippen molar-refractivity contribution < 1.29 is 19.6 Å². The zero-order valence-corrected chi connectivity index (χ0v) is 8.62. The topological polar surface area (TPSA) is 89.7 Å². The normalized spacial score (nSPS) is 11.9. The fourth-order valence-electron chi connectivity index (χ4n) is 1.21. The molecule has 0 spiro atoms. The monoisotopic (exact) mass is 225 g/mol. The minimum atomic E-state index is -1.17. The van der Waals surface area contributed by atoms with Crippen molar-refractivity contribution in [2.75, 3.05) is 13.7 Å². The predicted molar refractivity (Wildman–Crippen MR) is 54.6 cm³/mol. The quantitative estimate of drug-likeness (QED) is 0.464. The first-order chi connectivity index (χ1) is 7.54. The van der Waals surface area contributed by atoms with E-state index in [4.69, 9.17) is 0 Å². The summed E-state index contributed by atoms with van der Waals surface area (Å²) in [5.74, 6) is -0.490. The molecule has 1 aromatic rings. The van der Waals surface area contributed by atoms with Gasteiger partial charge in [0, 0.05) is 4.92 Å². The number of carbonyl (C=O) groups excluding carboxylic acids is 1. The Morgan fingerprint density at radius 3 is 2.50 bits per heavy atom. The van der Waals surface area contributed by atoms with E-state index in [-0.39, 0.29) is 0 Å². The molecule has 1 atom stereocenters. The van der Waals surface area contributed by atoms with Crippen molar-refractivity contribution in [1.29, 1.82) is 0 Å². The first kappa shape index (κ1) is 12.1. The number of carbonyl (C=O) groups is 1. The van der Waals surface area contributed by atoms with Gasteiger partial charge in [-0.05, 0) is 17.7 Å². The van der Waals surface area contributed by atoms with Crippen LogP contribution in [0.4, 0.5) is 0 Å². The Hall–Kier alpha value is -1.95. The van der Waals surface area contributed by atoms with Gasteiger partial charge in [0.25, 0.3) is 0 Å². The number of rotatable bonds is 4. The molecule has 0 radical (unpaired) electrons. The molecule has 86 valence electrons. The van der Waals surface area contributed by atoms with Crippen molar-refractivity contribution in [2.45, 2.75) is 6.10 Å². The van der Waals surface area contributed by atoms with E-state index in [9.17, 15) is 20.0 Å². The molecule has 6 heteroatoms. The van der Waals surface area contributed by atoms with Crippen LogP contribution < -0.4 is 0 Å². The van der Waals surface area contributed by atoms with E-state index in [1.165, 1.54) is 31.4 Å². The second-order valence-corrected chi connectivity index (χ2v) is 3.14. The van der Waals surface area contributed by atoms with Crippen LogP contribution in [0.5, 0.6) is 0 Å². The maximum Gasteiger partial charge on any atom is 0.337 e. The Morgan fingerprint density at radius 1 is 1.50 bits per heavy atom. The van der Waals surface area contributed by atoms with Crippen molar-refractivity contribution in [2.24, 2.45) is 0 Å². The summed E-state index contributed by atoms with van der Waals surface area (Å²) in [6, 6.07) is 5.81. The van der Waals surface area contributed by atoms with Gasteiger partial charge in [-0.2, -0.15) is 0 Å². The van der Waals surface area contributed by atoms with Gasteiger partial charge in [0.2, 0.25) is 6.54 Å². The molecule has 0 bridgehead atoms. The lowest BCUT2D eigenvalue weighted by Crippen LogP contribution is -2.12. The van der Waals surface area contributed by atoms with Gasteiger partial charge in [-0.1, -0.05) is 12.1 Å². The first-order valence-corrected chi connectivity index (χ1v) is 4.52. The van der Waals surface area contributed by atoms with Gasteiger partial charge in [0.15, 0.2) is 0 Å². The molecule has 0 amide bonds. The molecule has 0 saturated heterocycles. The number of aliphatic hydroxyl groups is 1. The molecule has 0 aliphatic carbocycles. The van der Waals surface area contributed by atoms with E-state index in [0.717, 1.165) is 0 Å². The van der Waals surface area contributed by atoms with Crippen molar-refractivity contribution in [1.82, 2.24) is 0 Å². The fourth-order valence-corrected chi connectivity index (χ4v) is 1.21. The van der Waals surface area contributed by atoms with Crippen LogP contribution in [0.3, 0.4) is 0 Å². The molecule has 0 heterocycles. The van der Waals surface area contributed by atoms with Gasteiger partial charge < -0.3 is 9.84 Å². The van der Waals surface area contributed by atoms with E-state index < -0.39 is 23.5 Å². The van der Waals surface area contributed by atoms with Crippen molar-refractivity contribution in [3.8, 4) is 0 Å². The lowest BCUT2D eigenvalue weighted by molar-refractivity contribution is -0.491.